The van der Waals surface area contributed by atoms with Gasteiger partial charge in [0.25, 0.3) is 5.91 Å². The molecule has 2 aromatic heterocycles. The molecule has 1 N–H and O–H groups in total. The van der Waals surface area contributed by atoms with E-state index >= 15 is 0 Å². The second-order valence-corrected chi connectivity index (χ2v) is 8.06. The third kappa shape index (κ3) is 3.94. The van der Waals surface area contributed by atoms with E-state index in [-0.39, 0.29) is 12.7 Å². The molecule has 0 bridgehead atoms. The van der Waals surface area contributed by atoms with E-state index in [9.17, 15) is 4.79 Å². The zero-order valence-electron chi connectivity index (χ0n) is 17.0. The average Bonchev–Trinajstić information content (AvgIpc) is 3.51. The Morgan fingerprint density at radius 3 is 2.97 bits per heavy atom. The second-order valence-electron chi connectivity index (χ2n) is 7.15. The molecule has 0 unspecified atom stereocenters. The molecule has 7 nitrogen and oxygen atoms in total. The summed E-state index contributed by atoms with van der Waals surface area (Å²) in [4.78, 5) is 18.0. The fourth-order valence-electron chi connectivity index (χ4n) is 3.49. The third-order valence-corrected chi connectivity index (χ3v) is 5.93. The van der Waals surface area contributed by atoms with Crippen LogP contribution in [-0.4, -0.2) is 22.3 Å². The topological polar surface area (TPSA) is 74.6 Å². The number of nitrogens with one attached hydrogen (secondary N) is 1. The highest BCUT2D eigenvalue weighted by Gasteiger charge is 2.16. The maximum Gasteiger partial charge on any atom is 0.268 e. The molecule has 1 amide bonds. The van der Waals surface area contributed by atoms with Gasteiger partial charge in [0.05, 0.1) is 15.9 Å². The number of carbonyl (C=O) groups excluding carboxylic acids is 1. The normalized spacial score (nSPS) is 12.3. The Kier molecular flexibility index (Phi) is 5.21. The Labute approximate surface area is 183 Å². The fourth-order valence-corrected chi connectivity index (χ4v) is 4.28. The van der Waals surface area contributed by atoms with Gasteiger partial charge in [-0.25, -0.2) is 4.98 Å². The number of hydrogen-bond donors (Lipinski definition) is 1. The van der Waals surface area contributed by atoms with Gasteiger partial charge in [-0.3, -0.25) is 10.1 Å². The Morgan fingerprint density at radius 1 is 1.19 bits per heavy atom. The van der Waals surface area contributed by atoms with Crippen LogP contribution in [0.15, 0.2) is 53.9 Å². The summed E-state index contributed by atoms with van der Waals surface area (Å²) in [5.74, 6) is 2.48. The maximum atomic E-state index is 12.8. The SMILES string of the molecule is CCCn1c(NC(=O)c2cc(COc3ccc4c(c3)OCO4)cs2)nc2ccccc21. The minimum atomic E-state index is -0.174. The lowest BCUT2D eigenvalue weighted by atomic mass is 10.3. The summed E-state index contributed by atoms with van der Waals surface area (Å²) in [5.41, 5.74) is 2.81. The molecule has 0 saturated heterocycles. The molecule has 4 aromatic rings. The van der Waals surface area contributed by atoms with E-state index in [1.54, 1.807) is 6.07 Å². The molecule has 0 spiro atoms. The molecule has 3 heterocycles. The van der Waals surface area contributed by atoms with E-state index in [4.69, 9.17) is 14.2 Å². The number of thiophene rings is 1. The molecule has 31 heavy (non-hydrogen) atoms. The van der Waals surface area contributed by atoms with Gasteiger partial charge in [-0.05, 0) is 42.1 Å². The van der Waals surface area contributed by atoms with E-state index in [1.165, 1.54) is 11.3 Å². The van der Waals surface area contributed by atoms with Crippen molar-refractivity contribution < 1.29 is 19.0 Å². The molecule has 2 aromatic carbocycles. The van der Waals surface area contributed by atoms with Crippen LogP contribution in [0.1, 0.15) is 28.6 Å². The van der Waals surface area contributed by atoms with Crippen molar-refractivity contribution in [3.8, 4) is 17.2 Å². The van der Waals surface area contributed by atoms with E-state index < -0.39 is 0 Å². The molecule has 8 heteroatoms. The fraction of sp³-hybridized carbons (Fsp3) is 0.217. The van der Waals surface area contributed by atoms with Crippen molar-refractivity contribution >= 4 is 34.2 Å². The zero-order valence-corrected chi connectivity index (χ0v) is 17.8. The van der Waals surface area contributed by atoms with Crippen LogP contribution in [0, 0.1) is 0 Å². The first-order chi connectivity index (χ1) is 15.2. The third-order valence-electron chi connectivity index (χ3n) is 4.95. The molecule has 5 rings (SSSR count). The number of rotatable bonds is 7. The summed E-state index contributed by atoms with van der Waals surface area (Å²) >= 11 is 1.38. The van der Waals surface area contributed by atoms with E-state index in [0.717, 1.165) is 35.3 Å². The highest BCUT2D eigenvalue weighted by Crippen LogP contribution is 2.35. The minimum Gasteiger partial charge on any atom is -0.489 e. The molecule has 0 saturated carbocycles. The number of fused-ring (bicyclic) bond motifs is 2. The van der Waals surface area contributed by atoms with Crippen LogP contribution >= 0.6 is 11.3 Å². The van der Waals surface area contributed by atoms with Gasteiger partial charge < -0.3 is 18.8 Å². The number of amides is 1. The largest absolute Gasteiger partial charge is 0.489 e. The van der Waals surface area contributed by atoms with Gasteiger partial charge in [-0.1, -0.05) is 19.1 Å². The first-order valence-corrected chi connectivity index (χ1v) is 11.0. The number of carbonyl (C=O) groups is 1. The zero-order chi connectivity index (χ0) is 21.2. The molecular formula is C23H21N3O4S. The summed E-state index contributed by atoms with van der Waals surface area (Å²) < 4.78 is 18.6. The van der Waals surface area contributed by atoms with Crippen molar-refractivity contribution in [2.75, 3.05) is 12.1 Å². The van der Waals surface area contributed by atoms with Crippen molar-refractivity contribution in [2.45, 2.75) is 26.5 Å². The summed E-state index contributed by atoms with van der Waals surface area (Å²) in [6.07, 6.45) is 0.948. The number of aromatic nitrogens is 2. The molecule has 158 valence electrons. The van der Waals surface area contributed by atoms with E-state index in [1.807, 2.05) is 52.4 Å². The monoisotopic (exact) mass is 435 g/mol. The van der Waals surface area contributed by atoms with Gasteiger partial charge in [0.2, 0.25) is 12.7 Å². The molecular weight excluding hydrogens is 414 g/mol. The van der Waals surface area contributed by atoms with Crippen LogP contribution < -0.4 is 19.5 Å². The van der Waals surface area contributed by atoms with Crippen LogP contribution in [0.5, 0.6) is 17.2 Å². The van der Waals surface area contributed by atoms with Gasteiger partial charge in [-0.15, -0.1) is 11.3 Å². The lowest BCUT2D eigenvalue weighted by Gasteiger charge is -2.08. The predicted molar refractivity (Wildman–Crippen MR) is 119 cm³/mol. The molecule has 0 radical (unpaired) electrons. The number of hydrogen-bond acceptors (Lipinski definition) is 6. The smallest absolute Gasteiger partial charge is 0.268 e. The Bertz CT molecular complexity index is 1250. The standard InChI is InChI=1S/C23H21N3O4S/c1-2-9-26-18-6-4-3-5-17(18)24-23(26)25-22(27)21-10-15(13-31-21)12-28-16-7-8-19-20(11-16)30-14-29-19/h3-8,10-11,13H,2,9,12,14H2,1H3,(H,24,25,27). The number of nitrogens with zero attached hydrogens (tertiary/aromatic N) is 2. The number of imidazole rings is 1. The lowest BCUT2D eigenvalue weighted by Crippen LogP contribution is -2.15. The van der Waals surface area contributed by atoms with Gasteiger partial charge >= 0.3 is 0 Å². The molecule has 1 aliphatic rings. The Balaban J connectivity index is 1.27. The molecule has 0 fully saturated rings. The van der Waals surface area contributed by atoms with Crippen molar-refractivity contribution in [3.05, 3.63) is 64.4 Å². The number of ether oxygens (including phenoxy) is 3. The Morgan fingerprint density at radius 2 is 2.06 bits per heavy atom. The summed E-state index contributed by atoms with van der Waals surface area (Å²) in [6, 6.07) is 15.2. The lowest BCUT2D eigenvalue weighted by molar-refractivity contribution is 0.102. The van der Waals surface area contributed by atoms with Crippen LogP contribution in [-0.2, 0) is 13.2 Å². The molecule has 1 aliphatic heterocycles. The number of para-hydroxylation sites is 2. The quantitative estimate of drug-likeness (QED) is 0.439. The predicted octanol–water partition coefficient (Wildman–Crippen LogP) is 5.07. The highest BCUT2D eigenvalue weighted by molar-refractivity contribution is 7.12. The van der Waals surface area contributed by atoms with Gasteiger partial charge in [0, 0.05) is 18.2 Å². The van der Waals surface area contributed by atoms with E-state index in [0.29, 0.717) is 28.9 Å². The summed E-state index contributed by atoms with van der Waals surface area (Å²) in [5, 5.41) is 4.90. The first-order valence-electron chi connectivity index (χ1n) is 10.1. The van der Waals surface area contributed by atoms with Crippen molar-refractivity contribution in [1.29, 1.82) is 0 Å². The second kappa shape index (κ2) is 8.31. The van der Waals surface area contributed by atoms with Gasteiger partial charge in [-0.2, -0.15) is 0 Å². The molecule has 0 aliphatic carbocycles. The Hall–Kier alpha value is -3.52. The van der Waals surface area contributed by atoms with E-state index in [2.05, 4.69) is 17.2 Å². The van der Waals surface area contributed by atoms with Crippen molar-refractivity contribution in [3.63, 3.8) is 0 Å². The highest BCUT2D eigenvalue weighted by atomic mass is 32.1. The first kappa shape index (κ1) is 19.4. The van der Waals surface area contributed by atoms with Gasteiger partial charge in [0.1, 0.15) is 12.4 Å². The van der Waals surface area contributed by atoms with Crippen molar-refractivity contribution in [2.24, 2.45) is 0 Å². The minimum absolute atomic E-state index is 0.174. The number of benzene rings is 2. The van der Waals surface area contributed by atoms with Crippen LogP contribution in [0.25, 0.3) is 11.0 Å². The maximum absolute atomic E-state index is 12.8. The van der Waals surface area contributed by atoms with Crippen LogP contribution in [0.4, 0.5) is 5.95 Å². The summed E-state index contributed by atoms with van der Waals surface area (Å²) in [7, 11) is 0. The average molecular weight is 436 g/mol. The van der Waals surface area contributed by atoms with Crippen LogP contribution in [0.2, 0.25) is 0 Å². The van der Waals surface area contributed by atoms with Crippen molar-refractivity contribution in [1.82, 2.24) is 9.55 Å². The summed E-state index contributed by atoms with van der Waals surface area (Å²) in [6.45, 7) is 3.48. The van der Waals surface area contributed by atoms with Gasteiger partial charge in [0.15, 0.2) is 11.5 Å². The number of aryl methyl sites for hydroxylation is 1. The van der Waals surface area contributed by atoms with Crippen LogP contribution in [0.3, 0.4) is 0 Å². The molecule has 0 atom stereocenters. The number of anilines is 1.